The fourth-order valence-corrected chi connectivity index (χ4v) is 9.56. The third kappa shape index (κ3) is 9.10. The van der Waals surface area contributed by atoms with Crippen LogP contribution < -0.4 is 0 Å². The number of aliphatic hydroxyl groups is 1. The molecular formula is C39H68O3Si2. The van der Waals surface area contributed by atoms with Gasteiger partial charge in [0.1, 0.15) is 0 Å². The summed E-state index contributed by atoms with van der Waals surface area (Å²) in [7, 11) is -3.90. The van der Waals surface area contributed by atoms with Crippen LogP contribution in [0.15, 0.2) is 52.8 Å². The summed E-state index contributed by atoms with van der Waals surface area (Å²) in [6.45, 7) is 34.4. The molecule has 0 unspecified atom stereocenters. The molecule has 0 amide bonds. The summed E-state index contributed by atoms with van der Waals surface area (Å²) in [5.41, 5.74) is 8.98. The zero-order chi connectivity index (χ0) is 33.4. The summed E-state index contributed by atoms with van der Waals surface area (Å²) in [5, 5.41) is 10.4. The summed E-state index contributed by atoms with van der Waals surface area (Å²) in [6, 6.07) is 0. The van der Waals surface area contributed by atoms with Crippen molar-refractivity contribution in [2.24, 2.45) is 11.3 Å². The van der Waals surface area contributed by atoms with Crippen LogP contribution >= 0.6 is 0 Å². The number of unbranched alkanes of at least 4 members (excludes halogenated alkanes) is 1. The van der Waals surface area contributed by atoms with E-state index >= 15 is 0 Å². The van der Waals surface area contributed by atoms with Gasteiger partial charge in [0, 0.05) is 11.8 Å². The molecule has 4 atom stereocenters. The van der Waals surface area contributed by atoms with E-state index in [-0.39, 0.29) is 27.7 Å². The molecule has 0 spiro atoms. The Labute approximate surface area is 274 Å². The molecule has 3 aliphatic rings. The Kier molecular flexibility index (Phi) is 11.6. The normalized spacial score (nSPS) is 29.3. The molecular weight excluding hydrogens is 573 g/mol. The Morgan fingerprint density at radius 2 is 1.57 bits per heavy atom. The van der Waals surface area contributed by atoms with Gasteiger partial charge in [0.2, 0.25) is 0 Å². The Morgan fingerprint density at radius 3 is 2.16 bits per heavy atom. The van der Waals surface area contributed by atoms with Gasteiger partial charge in [-0.2, -0.15) is 0 Å². The number of rotatable bonds is 9. The minimum Gasteiger partial charge on any atom is -0.413 e. The first-order valence-corrected chi connectivity index (χ1v) is 23.4. The third-order valence-electron chi connectivity index (χ3n) is 11.9. The lowest BCUT2D eigenvalue weighted by atomic mass is 9.65. The number of hydrogen-bond donors (Lipinski definition) is 1. The van der Waals surface area contributed by atoms with Gasteiger partial charge in [0.05, 0.1) is 17.8 Å². The zero-order valence-corrected chi connectivity index (χ0v) is 33.0. The van der Waals surface area contributed by atoms with Crippen molar-refractivity contribution in [1.29, 1.82) is 0 Å². The van der Waals surface area contributed by atoms with Crippen molar-refractivity contribution in [3.63, 3.8) is 0 Å². The standard InChI is InChI=1S/C39H68O3Si2/c1-29-31(27-33(41-43(11,12)36(2,3)4)28-35(29)42-44(13,14)37(5,6)7)22-21-30-19-18-26-39(10)32(23-24-34(30)39)20-16-15-17-25-38(8,9)40/h16,21-22,33-35,40H,1,15,17-19,23-28H2,2-14H3/b30-21+,31-22-/t20?,33-,34+,35+,39-/m1/s1. The van der Waals surface area contributed by atoms with E-state index in [1.165, 1.54) is 42.4 Å². The van der Waals surface area contributed by atoms with Gasteiger partial charge in [-0.05, 0) is 137 Å². The molecule has 0 bridgehead atoms. The second-order valence-corrected chi connectivity index (χ2v) is 27.7. The summed E-state index contributed by atoms with van der Waals surface area (Å²) in [5.74, 6) is 0.593. The van der Waals surface area contributed by atoms with Gasteiger partial charge in [-0.1, -0.05) is 72.8 Å². The lowest BCUT2D eigenvalue weighted by Gasteiger charge is -2.45. The van der Waals surface area contributed by atoms with Gasteiger partial charge in [0.15, 0.2) is 16.6 Å². The van der Waals surface area contributed by atoms with Crippen molar-refractivity contribution in [3.8, 4) is 0 Å². The highest BCUT2D eigenvalue weighted by Crippen LogP contribution is 2.57. The van der Waals surface area contributed by atoms with Crippen molar-refractivity contribution < 1.29 is 14.0 Å². The quantitative estimate of drug-likeness (QED) is 0.155. The Bertz CT molecular complexity index is 1160. The lowest BCUT2D eigenvalue weighted by Crippen LogP contribution is -2.49. The first-order chi connectivity index (χ1) is 20.0. The highest BCUT2D eigenvalue weighted by Gasteiger charge is 2.47. The molecule has 0 radical (unpaired) electrons. The zero-order valence-electron chi connectivity index (χ0n) is 31.0. The summed E-state index contributed by atoms with van der Waals surface area (Å²) in [4.78, 5) is 0. The summed E-state index contributed by atoms with van der Waals surface area (Å²) < 4.78 is 14.1. The van der Waals surface area contributed by atoms with Crippen LogP contribution in [0.4, 0.5) is 0 Å². The summed E-state index contributed by atoms with van der Waals surface area (Å²) >= 11 is 0. The van der Waals surface area contributed by atoms with E-state index in [9.17, 15) is 5.11 Å². The van der Waals surface area contributed by atoms with Gasteiger partial charge >= 0.3 is 0 Å². The highest BCUT2D eigenvalue weighted by atomic mass is 28.4. The minimum absolute atomic E-state index is 0.0169. The maximum atomic E-state index is 10.0. The lowest BCUT2D eigenvalue weighted by molar-refractivity contribution is 0.0691. The topological polar surface area (TPSA) is 38.7 Å². The predicted molar refractivity (Wildman–Crippen MR) is 195 cm³/mol. The molecule has 5 heteroatoms. The molecule has 250 valence electrons. The highest BCUT2D eigenvalue weighted by molar-refractivity contribution is 6.74. The third-order valence-corrected chi connectivity index (χ3v) is 20.9. The average molecular weight is 641 g/mol. The molecule has 0 saturated heterocycles. The van der Waals surface area contributed by atoms with Crippen LogP contribution in [-0.4, -0.2) is 39.6 Å². The van der Waals surface area contributed by atoms with Crippen LogP contribution in [0.3, 0.4) is 0 Å². The molecule has 1 N–H and O–H groups in total. The minimum atomic E-state index is -1.98. The van der Waals surface area contributed by atoms with Crippen LogP contribution in [0.1, 0.15) is 127 Å². The van der Waals surface area contributed by atoms with E-state index < -0.39 is 22.2 Å². The first-order valence-electron chi connectivity index (χ1n) is 17.6. The monoisotopic (exact) mass is 640 g/mol. The molecule has 0 aromatic carbocycles. The van der Waals surface area contributed by atoms with E-state index in [0.717, 1.165) is 38.5 Å². The SMILES string of the molecule is C=C1/C(=C\C=C2/CCC[C@]3(C)C(=C=CCCCC(C)(C)O)CC[C@@H]23)C[C@@H](O[Si](C)(C)C(C)(C)C)C[C@@H]1O[Si](C)(C)C(C)(C)C. The van der Waals surface area contributed by atoms with Crippen LogP contribution in [0, 0.1) is 11.3 Å². The fraction of sp³-hybridized carbons (Fsp3) is 0.769. The van der Waals surface area contributed by atoms with Crippen LogP contribution in [0.2, 0.25) is 36.3 Å². The second-order valence-electron chi connectivity index (χ2n) is 18.2. The van der Waals surface area contributed by atoms with Crippen molar-refractivity contribution >= 4 is 16.6 Å². The van der Waals surface area contributed by atoms with Crippen LogP contribution in [-0.2, 0) is 8.85 Å². The van der Waals surface area contributed by atoms with Crippen molar-refractivity contribution in [2.75, 3.05) is 0 Å². The molecule has 0 aromatic rings. The molecule has 3 saturated carbocycles. The van der Waals surface area contributed by atoms with E-state index in [0.29, 0.717) is 5.92 Å². The molecule has 44 heavy (non-hydrogen) atoms. The average Bonchev–Trinajstić information content (AvgIpc) is 3.19. The largest absolute Gasteiger partial charge is 0.413 e. The van der Waals surface area contributed by atoms with Gasteiger partial charge in [-0.25, -0.2) is 0 Å². The van der Waals surface area contributed by atoms with E-state index in [2.05, 4.69) is 105 Å². The molecule has 3 aliphatic carbocycles. The van der Waals surface area contributed by atoms with E-state index in [4.69, 9.17) is 8.85 Å². The smallest absolute Gasteiger partial charge is 0.192 e. The van der Waals surface area contributed by atoms with E-state index in [1.807, 2.05) is 13.8 Å². The van der Waals surface area contributed by atoms with Crippen molar-refractivity contribution in [2.45, 2.75) is 181 Å². The molecule has 3 nitrogen and oxygen atoms in total. The van der Waals surface area contributed by atoms with Gasteiger partial charge in [-0.15, -0.1) is 5.73 Å². The van der Waals surface area contributed by atoms with Crippen LogP contribution in [0.5, 0.6) is 0 Å². The van der Waals surface area contributed by atoms with Crippen molar-refractivity contribution in [3.05, 3.63) is 52.8 Å². The Hall–Kier alpha value is -0.946. The Balaban J connectivity index is 1.88. The first kappa shape index (κ1) is 37.5. The van der Waals surface area contributed by atoms with Gasteiger partial charge < -0.3 is 14.0 Å². The fourth-order valence-electron chi connectivity index (χ4n) is 6.89. The van der Waals surface area contributed by atoms with Gasteiger partial charge in [0.25, 0.3) is 0 Å². The molecule has 0 aliphatic heterocycles. The molecule has 0 heterocycles. The van der Waals surface area contributed by atoms with E-state index in [1.54, 1.807) is 5.57 Å². The Morgan fingerprint density at radius 1 is 0.955 bits per heavy atom. The molecule has 0 aromatic heterocycles. The van der Waals surface area contributed by atoms with Gasteiger partial charge in [-0.3, -0.25) is 0 Å². The van der Waals surface area contributed by atoms with Crippen molar-refractivity contribution in [1.82, 2.24) is 0 Å². The predicted octanol–water partition coefficient (Wildman–Crippen LogP) is 11.6. The van der Waals surface area contributed by atoms with Crippen LogP contribution in [0.25, 0.3) is 0 Å². The summed E-state index contributed by atoms with van der Waals surface area (Å²) in [6.07, 6.45) is 18.0. The number of hydrogen-bond acceptors (Lipinski definition) is 3. The second kappa shape index (κ2) is 13.7. The molecule has 3 rings (SSSR count). The maximum Gasteiger partial charge on any atom is 0.192 e. The number of fused-ring (bicyclic) bond motifs is 1. The molecule has 3 fully saturated rings. The maximum absolute atomic E-state index is 10.0. The number of allylic oxidation sites excluding steroid dienone is 4.